The molecule has 1 N–H and O–H groups in total. The zero-order chi connectivity index (χ0) is 22.1. The zero-order valence-corrected chi connectivity index (χ0v) is 16.2. The van der Waals surface area contributed by atoms with Crippen molar-refractivity contribution in [2.75, 3.05) is 17.3 Å². The first kappa shape index (κ1) is 20.2. The first-order valence-corrected chi connectivity index (χ1v) is 9.15. The van der Waals surface area contributed by atoms with Gasteiger partial charge in [-0.05, 0) is 42.5 Å². The minimum Gasteiger partial charge on any atom is -0.496 e. The number of halogens is 3. The van der Waals surface area contributed by atoms with Crippen molar-refractivity contribution in [2.45, 2.75) is 0 Å². The highest BCUT2D eigenvalue weighted by atomic mass is 19.1. The molecule has 1 heterocycles. The Morgan fingerprint density at radius 2 is 1.52 bits per heavy atom. The third-order valence-corrected chi connectivity index (χ3v) is 4.72. The van der Waals surface area contributed by atoms with E-state index in [2.05, 4.69) is 5.32 Å². The molecule has 0 saturated carbocycles. The lowest BCUT2D eigenvalue weighted by atomic mass is 10.0. The Bertz CT molecular complexity index is 1220. The molecule has 0 saturated heterocycles. The predicted octanol–water partition coefficient (Wildman–Crippen LogP) is 4.51. The summed E-state index contributed by atoms with van der Waals surface area (Å²) < 4.78 is 46.8. The topological polar surface area (TPSA) is 58.6 Å². The highest BCUT2D eigenvalue weighted by molar-refractivity contribution is 6.46. The maximum atomic E-state index is 14.4. The smallest absolute Gasteiger partial charge is 0.282 e. The molecule has 31 heavy (non-hydrogen) atoms. The maximum Gasteiger partial charge on any atom is 0.282 e. The second-order valence-corrected chi connectivity index (χ2v) is 6.62. The molecule has 0 bridgehead atoms. The lowest BCUT2D eigenvalue weighted by molar-refractivity contribution is -0.120. The molecule has 0 atom stereocenters. The van der Waals surface area contributed by atoms with Crippen LogP contribution in [0.5, 0.6) is 5.75 Å². The number of rotatable bonds is 5. The van der Waals surface area contributed by atoms with Gasteiger partial charge >= 0.3 is 0 Å². The first-order chi connectivity index (χ1) is 14.9. The van der Waals surface area contributed by atoms with Gasteiger partial charge in [0.25, 0.3) is 11.8 Å². The normalized spacial score (nSPS) is 13.7. The number of carbonyl (C=O) groups is 2. The fraction of sp³-hybridized carbons (Fsp3) is 0.0435. The van der Waals surface area contributed by atoms with Crippen molar-refractivity contribution in [3.63, 3.8) is 0 Å². The van der Waals surface area contributed by atoms with Crippen molar-refractivity contribution in [3.8, 4) is 5.75 Å². The van der Waals surface area contributed by atoms with Crippen molar-refractivity contribution in [1.29, 1.82) is 0 Å². The summed E-state index contributed by atoms with van der Waals surface area (Å²) in [5.74, 6) is -3.68. The summed E-state index contributed by atoms with van der Waals surface area (Å²) >= 11 is 0. The van der Waals surface area contributed by atoms with Gasteiger partial charge in [0.15, 0.2) is 0 Å². The van der Waals surface area contributed by atoms with E-state index in [1.54, 1.807) is 24.3 Å². The Labute approximate surface area is 175 Å². The molecule has 0 radical (unpaired) electrons. The SMILES string of the molecule is COc1ccccc1C1=C(Nc2ccc(F)cc2)C(=O)N(c2cc(F)ccc2F)C1=O. The lowest BCUT2D eigenvalue weighted by Crippen LogP contribution is -2.33. The molecule has 3 aromatic rings. The van der Waals surface area contributed by atoms with E-state index in [1.165, 1.54) is 31.4 Å². The van der Waals surface area contributed by atoms with Gasteiger partial charge < -0.3 is 10.1 Å². The van der Waals surface area contributed by atoms with Gasteiger partial charge in [0.05, 0.1) is 18.4 Å². The quantitative estimate of drug-likeness (QED) is 0.613. The number of ether oxygens (including phenoxy) is 1. The molecule has 2 amide bonds. The van der Waals surface area contributed by atoms with Gasteiger partial charge in [-0.15, -0.1) is 0 Å². The van der Waals surface area contributed by atoms with Gasteiger partial charge in [0, 0.05) is 17.3 Å². The minimum absolute atomic E-state index is 0.0876. The van der Waals surface area contributed by atoms with Crippen molar-refractivity contribution in [3.05, 3.63) is 95.4 Å². The number of methoxy groups -OCH3 is 1. The fourth-order valence-corrected chi connectivity index (χ4v) is 3.30. The monoisotopic (exact) mass is 424 g/mol. The second kappa shape index (κ2) is 7.98. The van der Waals surface area contributed by atoms with E-state index in [-0.39, 0.29) is 16.8 Å². The number of hydrogen-bond donors (Lipinski definition) is 1. The summed E-state index contributed by atoms with van der Waals surface area (Å²) in [5, 5.41) is 2.81. The number of carbonyl (C=O) groups excluding carboxylic acids is 2. The van der Waals surface area contributed by atoms with Crippen LogP contribution in [0, 0.1) is 17.5 Å². The maximum absolute atomic E-state index is 14.4. The Morgan fingerprint density at radius 1 is 0.839 bits per heavy atom. The zero-order valence-electron chi connectivity index (χ0n) is 16.2. The molecule has 0 spiro atoms. The predicted molar refractivity (Wildman–Crippen MR) is 109 cm³/mol. The Morgan fingerprint density at radius 3 is 2.23 bits per heavy atom. The van der Waals surface area contributed by atoms with Crippen molar-refractivity contribution < 1.29 is 27.5 Å². The molecule has 0 unspecified atom stereocenters. The summed E-state index contributed by atoms with van der Waals surface area (Å²) in [6.07, 6.45) is 0. The molecule has 1 aliphatic heterocycles. The Hall–Kier alpha value is -4.07. The molecule has 0 aliphatic carbocycles. The van der Waals surface area contributed by atoms with Gasteiger partial charge in [0.2, 0.25) is 0 Å². The number of hydrogen-bond acceptors (Lipinski definition) is 4. The summed E-state index contributed by atoms with van der Waals surface area (Å²) in [6, 6.07) is 14.1. The third-order valence-electron chi connectivity index (χ3n) is 4.72. The molecular formula is C23H15F3N2O3. The van der Waals surface area contributed by atoms with Crippen LogP contribution in [0.2, 0.25) is 0 Å². The van der Waals surface area contributed by atoms with Gasteiger partial charge in [-0.25, -0.2) is 18.1 Å². The number of nitrogens with zero attached hydrogens (tertiary/aromatic N) is 1. The molecule has 156 valence electrons. The molecule has 0 aromatic heterocycles. The summed E-state index contributed by atoms with van der Waals surface area (Å²) in [5.41, 5.74) is -0.169. The lowest BCUT2D eigenvalue weighted by Gasteiger charge is -2.16. The molecule has 4 rings (SSSR count). The van der Waals surface area contributed by atoms with E-state index in [1.807, 2.05) is 0 Å². The van der Waals surface area contributed by atoms with Crippen LogP contribution in [0.15, 0.2) is 72.4 Å². The van der Waals surface area contributed by atoms with Gasteiger partial charge in [-0.2, -0.15) is 0 Å². The minimum atomic E-state index is -0.939. The van der Waals surface area contributed by atoms with Crippen LogP contribution in [0.25, 0.3) is 5.57 Å². The largest absolute Gasteiger partial charge is 0.496 e. The van der Waals surface area contributed by atoms with Crippen molar-refractivity contribution in [1.82, 2.24) is 0 Å². The van der Waals surface area contributed by atoms with E-state index >= 15 is 0 Å². The number of anilines is 2. The van der Waals surface area contributed by atoms with Crippen LogP contribution in [0.1, 0.15) is 5.56 Å². The van der Waals surface area contributed by atoms with Crippen molar-refractivity contribution >= 4 is 28.8 Å². The average Bonchev–Trinajstić information content (AvgIpc) is 3.00. The van der Waals surface area contributed by atoms with Gasteiger partial charge in [0.1, 0.15) is 28.9 Å². The average molecular weight is 424 g/mol. The van der Waals surface area contributed by atoms with Crippen LogP contribution in [0.4, 0.5) is 24.5 Å². The highest BCUT2D eigenvalue weighted by Gasteiger charge is 2.42. The third kappa shape index (κ3) is 3.63. The molecule has 1 aliphatic rings. The molecule has 8 heteroatoms. The van der Waals surface area contributed by atoms with Crippen LogP contribution in [-0.4, -0.2) is 18.9 Å². The number of benzene rings is 3. The summed E-state index contributed by atoms with van der Waals surface area (Å²) in [7, 11) is 1.40. The Balaban J connectivity index is 1.88. The summed E-state index contributed by atoms with van der Waals surface area (Å²) in [4.78, 5) is 27.1. The standard InChI is InChI=1S/C23H15F3N2O3/c1-31-19-5-3-2-4-16(19)20-21(27-15-9-6-13(24)7-10-15)23(30)28(22(20)29)18-12-14(25)8-11-17(18)26/h2-12,27H,1H3. The molecule has 0 fully saturated rings. The van der Waals surface area contributed by atoms with Crippen molar-refractivity contribution in [2.24, 2.45) is 0 Å². The number of amides is 2. The Kier molecular flexibility index (Phi) is 5.21. The summed E-state index contributed by atoms with van der Waals surface area (Å²) in [6.45, 7) is 0. The van der Waals surface area contributed by atoms with Crippen LogP contribution < -0.4 is 15.0 Å². The fourth-order valence-electron chi connectivity index (χ4n) is 3.30. The number of para-hydroxylation sites is 1. The first-order valence-electron chi connectivity index (χ1n) is 9.15. The van der Waals surface area contributed by atoms with E-state index in [4.69, 9.17) is 4.74 Å². The molecule has 5 nitrogen and oxygen atoms in total. The van der Waals surface area contributed by atoms with E-state index < -0.39 is 35.0 Å². The van der Waals surface area contributed by atoms with Gasteiger partial charge in [-0.3, -0.25) is 9.59 Å². The number of nitrogens with one attached hydrogen (secondary N) is 1. The van der Waals surface area contributed by atoms with E-state index in [0.29, 0.717) is 16.3 Å². The van der Waals surface area contributed by atoms with E-state index in [9.17, 15) is 22.8 Å². The molecule has 3 aromatic carbocycles. The van der Waals surface area contributed by atoms with Crippen LogP contribution in [-0.2, 0) is 9.59 Å². The van der Waals surface area contributed by atoms with Crippen LogP contribution in [0.3, 0.4) is 0 Å². The highest BCUT2D eigenvalue weighted by Crippen LogP contribution is 2.38. The van der Waals surface area contributed by atoms with E-state index in [0.717, 1.165) is 18.2 Å². The second-order valence-electron chi connectivity index (χ2n) is 6.62. The number of imide groups is 1. The van der Waals surface area contributed by atoms with Gasteiger partial charge in [-0.1, -0.05) is 18.2 Å². The molecular weight excluding hydrogens is 409 g/mol. The van der Waals surface area contributed by atoms with Crippen LogP contribution >= 0.6 is 0 Å².